The molecule has 7 nitrogen and oxygen atoms in total. The average Bonchev–Trinajstić information content (AvgIpc) is 3.34. The summed E-state index contributed by atoms with van der Waals surface area (Å²) in [6.07, 6.45) is 6.10. The second-order valence-electron chi connectivity index (χ2n) is 5.01. The van der Waals surface area contributed by atoms with E-state index in [0.717, 1.165) is 35.1 Å². The first kappa shape index (κ1) is 13.4. The molecule has 23 heavy (non-hydrogen) atoms. The van der Waals surface area contributed by atoms with E-state index >= 15 is 0 Å². The van der Waals surface area contributed by atoms with Crippen LogP contribution < -0.4 is 0 Å². The van der Waals surface area contributed by atoms with Crippen molar-refractivity contribution in [2.24, 2.45) is 0 Å². The van der Waals surface area contributed by atoms with Gasteiger partial charge in [-0.15, -0.1) is 5.10 Å². The van der Waals surface area contributed by atoms with Crippen molar-refractivity contribution in [2.75, 3.05) is 0 Å². The van der Waals surface area contributed by atoms with Gasteiger partial charge in [-0.3, -0.25) is 4.57 Å². The quantitative estimate of drug-likeness (QED) is 0.579. The summed E-state index contributed by atoms with van der Waals surface area (Å²) in [5.74, 6) is 2.49. The number of nitrogens with zero attached hydrogens (tertiary/aromatic N) is 6. The first-order chi connectivity index (χ1) is 11.3. The summed E-state index contributed by atoms with van der Waals surface area (Å²) in [5, 5.41) is 11.2. The van der Waals surface area contributed by atoms with Crippen molar-refractivity contribution < 1.29 is 4.42 Å². The average molecular weight is 306 g/mol. The first-order valence-corrected chi connectivity index (χ1v) is 7.31. The van der Waals surface area contributed by atoms with Gasteiger partial charge in [-0.2, -0.15) is 0 Å². The Balaban J connectivity index is 1.70. The minimum absolute atomic E-state index is 0.761. The van der Waals surface area contributed by atoms with Crippen LogP contribution in [-0.4, -0.2) is 29.8 Å². The maximum Gasteiger partial charge on any atom is 0.180 e. The van der Waals surface area contributed by atoms with Crippen molar-refractivity contribution >= 4 is 0 Å². The molecule has 0 saturated heterocycles. The lowest BCUT2D eigenvalue weighted by Crippen LogP contribution is -1.98. The molecule has 4 aromatic rings. The Kier molecular flexibility index (Phi) is 3.23. The zero-order valence-electron chi connectivity index (χ0n) is 12.5. The molecular weight excluding hydrogens is 292 g/mol. The molecule has 114 valence electrons. The fourth-order valence-corrected chi connectivity index (χ4v) is 2.43. The summed E-state index contributed by atoms with van der Waals surface area (Å²) in [7, 11) is 0. The zero-order chi connectivity index (χ0) is 15.6. The third kappa shape index (κ3) is 2.42. The van der Waals surface area contributed by atoms with E-state index in [1.165, 1.54) is 0 Å². The van der Waals surface area contributed by atoms with E-state index in [4.69, 9.17) is 4.42 Å². The highest BCUT2D eigenvalue weighted by atomic mass is 16.3. The zero-order valence-corrected chi connectivity index (χ0v) is 12.5. The predicted molar refractivity (Wildman–Crippen MR) is 83.4 cm³/mol. The van der Waals surface area contributed by atoms with Crippen LogP contribution in [0.4, 0.5) is 0 Å². The van der Waals surface area contributed by atoms with Gasteiger partial charge in [0.1, 0.15) is 12.1 Å². The summed E-state index contributed by atoms with van der Waals surface area (Å²) >= 11 is 0. The Morgan fingerprint density at radius 3 is 2.57 bits per heavy atom. The SMILES string of the molecule is CCc1ccc(-c2nccn2-c2ccc(-n3cnnn3)cc2)o1. The van der Waals surface area contributed by atoms with Gasteiger partial charge >= 0.3 is 0 Å². The van der Waals surface area contributed by atoms with E-state index in [1.54, 1.807) is 17.2 Å². The lowest BCUT2D eigenvalue weighted by molar-refractivity contribution is 0.524. The van der Waals surface area contributed by atoms with Crippen molar-refractivity contribution in [3.05, 3.63) is 60.9 Å². The van der Waals surface area contributed by atoms with Gasteiger partial charge in [-0.05, 0) is 46.8 Å². The Labute approximate surface area is 132 Å². The van der Waals surface area contributed by atoms with Crippen LogP contribution in [0.5, 0.6) is 0 Å². The van der Waals surface area contributed by atoms with Crippen molar-refractivity contribution in [3.8, 4) is 23.0 Å². The van der Waals surface area contributed by atoms with Crippen LogP contribution in [-0.2, 0) is 6.42 Å². The van der Waals surface area contributed by atoms with Crippen molar-refractivity contribution in [1.29, 1.82) is 0 Å². The maximum absolute atomic E-state index is 5.81. The molecule has 1 aromatic carbocycles. The molecule has 0 saturated carbocycles. The molecule has 0 bridgehead atoms. The fraction of sp³-hybridized carbons (Fsp3) is 0.125. The van der Waals surface area contributed by atoms with Gasteiger partial charge in [0.05, 0.1) is 5.69 Å². The summed E-state index contributed by atoms with van der Waals surface area (Å²) in [6, 6.07) is 11.8. The number of aromatic nitrogens is 6. The Morgan fingerprint density at radius 1 is 1.04 bits per heavy atom. The molecule has 0 radical (unpaired) electrons. The molecule has 0 spiro atoms. The second kappa shape index (κ2) is 5.53. The van der Waals surface area contributed by atoms with Crippen LogP contribution in [0.25, 0.3) is 23.0 Å². The first-order valence-electron chi connectivity index (χ1n) is 7.31. The van der Waals surface area contributed by atoms with Gasteiger partial charge in [-0.25, -0.2) is 9.67 Å². The molecule has 0 atom stereocenters. The highest BCUT2D eigenvalue weighted by Gasteiger charge is 2.12. The van der Waals surface area contributed by atoms with Crippen LogP contribution in [0.2, 0.25) is 0 Å². The normalized spacial score (nSPS) is 11.0. The Bertz CT molecular complexity index is 904. The largest absolute Gasteiger partial charge is 0.458 e. The Morgan fingerprint density at radius 2 is 1.87 bits per heavy atom. The summed E-state index contributed by atoms with van der Waals surface area (Å²) < 4.78 is 9.41. The second-order valence-corrected chi connectivity index (χ2v) is 5.01. The third-order valence-electron chi connectivity index (χ3n) is 3.61. The van der Waals surface area contributed by atoms with Crippen LogP contribution in [0.15, 0.2) is 59.5 Å². The number of tetrazole rings is 1. The minimum atomic E-state index is 0.761. The van der Waals surface area contributed by atoms with Gasteiger partial charge < -0.3 is 4.42 Å². The number of rotatable bonds is 4. The standard InChI is InChI=1S/C16H14N6O/c1-2-14-7-8-15(23-14)16-17-9-10-21(16)12-3-5-13(6-4-12)22-11-18-19-20-22/h3-11H,2H2,1H3. The predicted octanol–water partition coefficient (Wildman–Crippen LogP) is 2.67. The molecule has 7 heteroatoms. The molecule has 0 unspecified atom stereocenters. The lowest BCUT2D eigenvalue weighted by atomic mass is 10.2. The smallest absolute Gasteiger partial charge is 0.180 e. The number of hydrogen-bond donors (Lipinski definition) is 0. The molecule has 0 N–H and O–H groups in total. The minimum Gasteiger partial charge on any atom is -0.458 e. The van der Waals surface area contributed by atoms with E-state index < -0.39 is 0 Å². The van der Waals surface area contributed by atoms with Crippen LogP contribution in [0.3, 0.4) is 0 Å². The van der Waals surface area contributed by atoms with Crippen LogP contribution in [0.1, 0.15) is 12.7 Å². The number of benzene rings is 1. The number of imidazole rings is 1. The van der Waals surface area contributed by atoms with E-state index in [0.29, 0.717) is 0 Å². The van der Waals surface area contributed by atoms with Crippen LogP contribution in [0, 0.1) is 0 Å². The monoisotopic (exact) mass is 306 g/mol. The molecule has 4 rings (SSSR count). The van der Waals surface area contributed by atoms with Gasteiger partial charge in [0.25, 0.3) is 0 Å². The lowest BCUT2D eigenvalue weighted by Gasteiger charge is -2.07. The van der Waals surface area contributed by atoms with Crippen LogP contribution >= 0.6 is 0 Å². The molecule has 0 aliphatic rings. The Hall–Kier alpha value is -3.22. The van der Waals surface area contributed by atoms with Gasteiger partial charge in [0.2, 0.25) is 0 Å². The van der Waals surface area contributed by atoms with E-state index in [-0.39, 0.29) is 0 Å². The summed E-state index contributed by atoms with van der Waals surface area (Å²) in [6.45, 7) is 2.06. The van der Waals surface area contributed by atoms with Gasteiger partial charge in [-0.1, -0.05) is 6.92 Å². The molecule has 0 amide bonds. The van der Waals surface area contributed by atoms with Crippen molar-refractivity contribution in [2.45, 2.75) is 13.3 Å². The number of aryl methyl sites for hydroxylation is 1. The molecule has 3 heterocycles. The topological polar surface area (TPSA) is 74.6 Å². The molecular formula is C16H14N6O. The maximum atomic E-state index is 5.81. The van der Waals surface area contributed by atoms with Crippen molar-refractivity contribution in [1.82, 2.24) is 29.8 Å². The summed E-state index contributed by atoms with van der Waals surface area (Å²) in [4.78, 5) is 4.41. The highest BCUT2D eigenvalue weighted by Crippen LogP contribution is 2.24. The number of furan rings is 1. The molecule has 0 aliphatic heterocycles. The van der Waals surface area contributed by atoms with E-state index in [9.17, 15) is 0 Å². The molecule has 0 fully saturated rings. The van der Waals surface area contributed by atoms with Crippen molar-refractivity contribution in [3.63, 3.8) is 0 Å². The van der Waals surface area contributed by atoms with Gasteiger partial charge in [0, 0.05) is 24.5 Å². The number of hydrogen-bond acceptors (Lipinski definition) is 5. The molecule has 0 aliphatic carbocycles. The fourth-order valence-electron chi connectivity index (χ4n) is 2.43. The molecule has 3 aromatic heterocycles. The van der Waals surface area contributed by atoms with Gasteiger partial charge in [0.15, 0.2) is 11.6 Å². The van der Waals surface area contributed by atoms with E-state index in [1.807, 2.05) is 47.2 Å². The highest BCUT2D eigenvalue weighted by molar-refractivity contribution is 5.53. The van der Waals surface area contributed by atoms with E-state index in [2.05, 4.69) is 27.4 Å². The summed E-state index contributed by atoms with van der Waals surface area (Å²) in [5.41, 5.74) is 1.88. The third-order valence-corrected chi connectivity index (χ3v) is 3.61.